The van der Waals surface area contributed by atoms with Crippen LogP contribution in [0.5, 0.6) is 0 Å². The first-order valence-electron chi connectivity index (χ1n) is 11.6. The zero-order valence-electron chi connectivity index (χ0n) is 20.4. The predicted molar refractivity (Wildman–Crippen MR) is 136 cm³/mol. The number of carbonyl (C=O) groups excluding carboxylic acids is 1. The van der Waals surface area contributed by atoms with Gasteiger partial charge in [0.05, 0.1) is 22.6 Å². The highest BCUT2D eigenvalue weighted by Crippen LogP contribution is 2.29. The molecule has 0 radical (unpaired) electrons. The van der Waals surface area contributed by atoms with Gasteiger partial charge < -0.3 is 4.90 Å². The van der Waals surface area contributed by atoms with Gasteiger partial charge in [0.15, 0.2) is 0 Å². The number of amides is 1. The van der Waals surface area contributed by atoms with Crippen LogP contribution >= 0.6 is 11.6 Å². The number of halogens is 1. The van der Waals surface area contributed by atoms with Crippen molar-refractivity contribution in [2.75, 3.05) is 6.54 Å². The minimum absolute atomic E-state index is 0.0711. The minimum atomic E-state index is -0.388. The maximum atomic E-state index is 13.6. The topological polar surface area (TPSA) is 55.2 Å². The van der Waals surface area contributed by atoms with Crippen LogP contribution in [0.4, 0.5) is 0 Å². The van der Waals surface area contributed by atoms with E-state index in [-0.39, 0.29) is 28.8 Å². The highest BCUT2D eigenvalue weighted by molar-refractivity contribution is 6.30. The molecule has 1 aromatic heterocycles. The summed E-state index contributed by atoms with van der Waals surface area (Å²) in [5.41, 5.74) is 1.24. The molecular formula is C27H34ClN3O2. The molecule has 0 spiro atoms. The lowest BCUT2D eigenvalue weighted by molar-refractivity contribution is -0.134. The number of para-hydroxylation sites is 1. The Bertz CT molecular complexity index is 1200. The minimum Gasteiger partial charge on any atom is -0.333 e. The van der Waals surface area contributed by atoms with Crippen LogP contribution < -0.4 is 5.56 Å². The summed E-state index contributed by atoms with van der Waals surface area (Å²) in [4.78, 5) is 33.6. The van der Waals surface area contributed by atoms with Gasteiger partial charge in [0.25, 0.3) is 5.56 Å². The summed E-state index contributed by atoms with van der Waals surface area (Å²) in [6.45, 7) is 13.1. The SMILES string of the molecule is CCN(C(=O)CC(C)CC(C)(C)C)C(C)c1nc2ccccc2c(=O)n1-c1cccc(Cl)c1. The van der Waals surface area contributed by atoms with Gasteiger partial charge in [0, 0.05) is 18.0 Å². The summed E-state index contributed by atoms with van der Waals surface area (Å²) in [5, 5.41) is 1.06. The lowest BCUT2D eigenvalue weighted by atomic mass is 9.84. The smallest absolute Gasteiger partial charge is 0.266 e. The molecule has 0 saturated carbocycles. The van der Waals surface area contributed by atoms with Gasteiger partial charge in [-0.05, 0) is 61.9 Å². The van der Waals surface area contributed by atoms with Gasteiger partial charge in [-0.25, -0.2) is 4.98 Å². The van der Waals surface area contributed by atoms with Gasteiger partial charge in [-0.15, -0.1) is 0 Å². The Morgan fingerprint density at radius 1 is 1.12 bits per heavy atom. The number of nitrogens with zero attached hydrogens (tertiary/aromatic N) is 3. The summed E-state index contributed by atoms with van der Waals surface area (Å²) >= 11 is 6.25. The Balaban J connectivity index is 2.08. The predicted octanol–water partition coefficient (Wildman–Crippen LogP) is 6.41. The third kappa shape index (κ3) is 5.83. The normalized spacial score (nSPS) is 13.7. The van der Waals surface area contributed by atoms with Crippen molar-refractivity contribution in [1.29, 1.82) is 0 Å². The highest BCUT2D eigenvalue weighted by Gasteiger charge is 2.27. The molecule has 2 aromatic carbocycles. The average Bonchev–Trinajstić information content (AvgIpc) is 2.72. The zero-order chi connectivity index (χ0) is 24.3. The molecule has 3 aromatic rings. The Morgan fingerprint density at radius 2 is 1.82 bits per heavy atom. The van der Waals surface area contributed by atoms with E-state index in [4.69, 9.17) is 16.6 Å². The van der Waals surface area contributed by atoms with Gasteiger partial charge in [-0.3, -0.25) is 14.2 Å². The second-order valence-electron chi connectivity index (χ2n) is 10.0. The molecule has 0 saturated heterocycles. The van der Waals surface area contributed by atoms with Crippen molar-refractivity contribution in [3.05, 3.63) is 69.7 Å². The number of hydrogen-bond donors (Lipinski definition) is 0. The molecule has 1 amide bonds. The lowest BCUT2D eigenvalue weighted by Gasteiger charge is -2.31. The van der Waals surface area contributed by atoms with E-state index in [0.717, 1.165) is 6.42 Å². The molecule has 6 heteroatoms. The molecule has 0 aliphatic carbocycles. The standard InChI is InChI=1S/C27H34ClN3O2/c1-7-30(24(32)15-18(2)17-27(4,5)6)19(3)25-29-23-14-9-8-13-22(23)26(33)31(25)21-12-10-11-20(28)16-21/h8-14,16,18-19H,7,15,17H2,1-6H3. The van der Waals surface area contributed by atoms with E-state index in [1.54, 1.807) is 22.8 Å². The number of carbonyl (C=O) groups is 1. The van der Waals surface area contributed by atoms with Crippen molar-refractivity contribution < 1.29 is 4.79 Å². The van der Waals surface area contributed by atoms with E-state index < -0.39 is 0 Å². The van der Waals surface area contributed by atoms with E-state index in [1.807, 2.05) is 49.1 Å². The number of rotatable bonds is 7. The molecule has 5 nitrogen and oxygen atoms in total. The number of aromatic nitrogens is 2. The monoisotopic (exact) mass is 467 g/mol. The van der Waals surface area contributed by atoms with Crippen LogP contribution in [0.15, 0.2) is 53.3 Å². The molecule has 0 aliphatic heterocycles. The molecule has 0 fully saturated rings. The molecule has 0 bridgehead atoms. The van der Waals surface area contributed by atoms with E-state index in [2.05, 4.69) is 27.7 Å². The van der Waals surface area contributed by atoms with Crippen molar-refractivity contribution in [2.45, 2.75) is 60.4 Å². The zero-order valence-corrected chi connectivity index (χ0v) is 21.2. The average molecular weight is 468 g/mol. The third-order valence-electron chi connectivity index (χ3n) is 5.85. The van der Waals surface area contributed by atoms with Crippen LogP contribution in [0.1, 0.15) is 66.3 Å². The fourth-order valence-corrected chi connectivity index (χ4v) is 4.82. The molecule has 2 unspecified atom stereocenters. The Hall–Kier alpha value is -2.66. The Morgan fingerprint density at radius 3 is 2.45 bits per heavy atom. The van der Waals surface area contributed by atoms with E-state index in [9.17, 15) is 9.59 Å². The van der Waals surface area contributed by atoms with Crippen LogP contribution in [0, 0.1) is 11.3 Å². The first-order valence-corrected chi connectivity index (χ1v) is 12.0. The molecule has 0 aliphatic rings. The summed E-state index contributed by atoms with van der Waals surface area (Å²) < 4.78 is 1.59. The molecule has 2 atom stereocenters. The molecule has 3 rings (SSSR count). The summed E-state index contributed by atoms with van der Waals surface area (Å²) in [6.07, 6.45) is 1.43. The van der Waals surface area contributed by atoms with Gasteiger partial charge in [-0.2, -0.15) is 0 Å². The molecule has 0 N–H and O–H groups in total. The molecule has 1 heterocycles. The van der Waals surface area contributed by atoms with E-state index >= 15 is 0 Å². The van der Waals surface area contributed by atoms with Gasteiger partial charge in [0.2, 0.25) is 5.91 Å². The second kappa shape index (κ2) is 10.1. The summed E-state index contributed by atoms with van der Waals surface area (Å²) in [6, 6.07) is 14.1. The maximum Gasteiger partial charge on any atom is 0.266 e. The van der Waals surface area contributed by atoms with Crippen molar-refractivity contribution in [1.82, 2.24) is 14.5 Å². The third-order valence-corrected chi connectivity index (χ3v) is 6.09. The van der Waals surface area contributed by atoms with Crippen LogP contribution in [-0.4, -0.2) is 26.9 Å². The summed E-state index contributed by atoms with van der Waals surface area (Å²) in [5.74, 6) is 0.861. The van der Waals surface area contributed by atoms with Crippen LogP contribution in [0.25, 0.3) is 16.6 Å². The molecule has 176 valence electrons. The maximum absolute atomic E-state index is 13.6. The fourth-order valence-electron chi connectivity index (χ4n) is 4.63. The first-order chi connectivity index (χ1) is 15.5. The number of fused-ring (bicyclic) bond motifs is 1. The van der Waals surface area contributed by atoms with E-state index in [0.29, 0.717) is 40.4 Å². The van der Waals surface area contributed by atoms with Crippen molar-refractivity contribution in [2.24, 2.45) is 11.3 Å². The van der Waals surface area contributed by atoms with Crippen molar-refractivity contribution in [3.63, 3.8) is 0 Å². The number of benzene rings is 2. The highest BCUT2D eigenvalue weighted by atomic mass is 35.5. The fraction of sp³-hybridized carbons (Fsp3) is 0.444. The largest absolute Gasteiger partial charge is 0.333 e. The quantitative estimate of drug-likeness (QED) is 0.403. The van der Waals surface area contributed by atoms with E-state index in [1.165, 1.54) is 0 Å². The second-order valence-corrected chi connectivity index (χ2v) is 10.5. The van der Waals surface area contributed by atoms with Gasteiger partial charge in [0.1, 0.15) is 5.82 Å². The molecular weight excluding hydrogens is 434 g/mol. The van der Waals surface area contributed by atoms with Crippen LogP contribution in [-0.2, 0) is 4.79 Å². The van der Waals surface area contributed by atoms with Crippen LogP contribution in [0.3, 0.4) is 0 Å². The van der Waals surface area contributed by atoms with Crippen LogP contribution in [0.2, 0.25) is 5.02 Å². The Labute approximate surface area is 201 Å². The number of hydrogen-bond acceptors (Lipinski definition) is 3. The van der Waals surface area contributed by atoms with Crippen molar-refractivity contribution in [3.8, 4) is 5.69 Å². The van der Waals surface area contributed by atoms with Crippen molar-refractivity contribution >= 4 is 28.4 Å². The van der Waals surface area contributed by atoms with Gasteiger partial charge in [-0.1, -0.05) is 57.5 Å². The Kier molecular flexibility index (Phi) is 7.63. The lowest BCUT2D eigenvalue weighted by Crippen LogP contribution is -2.38. The summed E-state index contributed by atoms with van der Waals surface area (Å²) in [7, 11) is 0. The molecule has 33 heavy (non-hydrogen) atoms. The first kappa shape index (κ1) is 25.0. The van der Waals surface area contributed by atoms with Gasteiger partial charge >= 0.3 is 0 Å².